The van der Waals surface area contributed by atoms with Crippen LogP contribution in [0, 0.1) is 5.41 Å². The number of nitrogens with zero attached hydrogens (tertiary/aromatic N) is 3. The molecule has 0 saturated heterocycles. The fourth-order valence-corrected chi connectivity index (χ4v) is 7.49. The van der Waals surface area contributed by atoms with Crippen LogP contribution in [0.15, 0.2) is 72.3 Å². The molecule has 8 bridgehead atoms. The van der Waals surface area contributed by atoms with Crippen LogP contribution in [-0.4, -0.2) is 33.0 Å². The van der Waals surface area contributed by atoms with Crippen LogP contribution in [-0.2, 0) is 17.6 Å². The predicted octanol–water partition coefficient (Wildman–Crippen LogP) is 9.13. The maximum absolute atomic E-state index is 14.4. The molecule has 0 aromatic carbocycles. The zero-order valence-corrected chi connectivity index (χ0v) is 27.2. The molecule has 1 aromatic rings. The zero-order valence-electron chi connectivity index (χ0n) is 27.2. The van der Waals surface area contributed by atoms with Gasteiger partial charge in [0.2, 0.25) is 0 Å². The van der Waals surface area contributed by atoms with E-state index in [9.17, 15) is 9.90 Å². The minimum Gasteiger partial charge on any atom is -0.515 e. The number of Topliss-reactive ketones (excluding diaryl/α,β-unsaturated/α-hetero) is 1. The highest BCUT2D eigenvalue weighted by Crippen LogP contribution is 2.46. The van der Waals surface area contributed by atoms with Gasteiger partial charge in [-0.05, 0) is 103 Å². The molecular weight excluding hydrogens is 532 g/mol. The summed E-state index contributed by atoms with van der Waals surface area (Å²) in [6.45, 7) is 17.1. The number of fused-ring (bicyclic) bond motifs is 5. The van der Waals surface area contributed by atoms with E-state index < -0.39 is 5.41 Å². The van der Waals surface area contributed by atoms with Crippen molar-refractivity contribution in [1.29, 1.82) is 0 Å². The van der Waals surface area contributed by atoms with Crippen LogP contribution < -0.4 is 0 Å². The monoisotopic (exact) mass is 578 g/mol. The van der Waals surface area contributed by atoms with Gasteiger partial charge in [-0.25, -0.2) is 15.0 Å². The van der Waals surface area contributed by atoms with E-state index in [0.717, 1.165) is 90.1 Å². The lowest BCUT2D eigenvalue weighted by atomic mass is 9.74. The Kier molecular flexibility index (Phi) is 8.60. The normalized spacial score (nSPS) is 20.5. The second-order valence-corrected chi connectivity index (χ2v) is 11.6. The van der Waals surface area contributed by atoms with Crippen molar-refractivity contribution in [1.82, 2.24) is 4.98 Å². The standard InChI is InChI=1S/C37H46N4O2/c1-9-21-22(10-2)30-18-31-25(13-5)26(14-6)34(40-31)27(20-42)35-36(43)37(15-7,16-8)33(41-35)19-32-24(12-4)23(11-3)29(39-32)17-28(21)38-30/h17-20,39,42H,9-16H2,1-8H3/b27-20-,28-17?,31-18?,33-19?. The Hall–Kier alpha value is -3.80. The molecule has 0 aliphatic carbocycles. The second-order valence-electron chi connectivity index (χ2n) is 11.6. The van der Waals surface area contributed by atoms with Gasteiger partial charge in [-0.2, -0.15) is 0 Å². The van der Waals surface area contributed by atoms with Gasteiger partial charge in [-0.15, -0.1) is 0 Å². The first-order valence-electron chi connectivity index (χ1n) is 16.3. The van der Waals surface area contributed by atoms with Crippen LogP contribution in [0.2, 0.25) is 0 Å². The van der Waals surface area contributed by atoms with E-state index in [1.54, 1.807) is 0 Å². The number of aliphatic hydroxyl groups excluding tert-OH is 1. The molecule has 5 rings (SSSR count). The smallest absolute Gasteiger partial charge is 0.194 e. The summed E-state index contributed by atoms with van der Waals surface area (Å²) in [4.78, 5) is 33.5. The van der Waals surface area contributed by atoms with E-state index in [0.29, 0.717) is 29.8 Å². The number of hydrogen-bond donors (Lipinski definition) is 2. The quantitative estimate of drug-likeness (QED) is 0.301. The highest BCUT2D eigenvalue weighted by Gasteiger charge is 2.48. The van der Waals surface area contributed by atoms with E-state index in [1.807, 2.05) is 0 Å². The third-order valence-corrected chi connectivity index (χ3v) is 9.87. The first-order chi connectivity index (χ1) is 20.8. The van der Waals surface area contributed by atoms with Crippen molar-refractivity contribution in [2.75, 3.05) is 0 Å². The van der Waals surface area contributed by atoms with Gasteiger partial charge < -0.3 is 10.1 Å². The number of hydrogen-bond acceptors (Lipinski definition) is 5. The minimum absolute atomic E-state index is 0.0446. The van der Waals surface area contributed by atoms with E-state index in [-0.39, 0.29) is 5.78 Å². The number of H-pyrrole nitrogens is 1. The molecule has 0 atom stereocenters. The van der Waals surface area contributed by atoms with Crippen LogP contribution in [0.4, 0.5) is 0 Å². The molecule has 2 N–H and O–H groups in total. The summed E-state index contributed by atoms with van der Waals surface area (Å²) in [5, 5.41) is 10.7. The molecule has 5 heterocycles. The topological polar surface area (TPSA) is 90.2 Å². The number of carbonyl (C=O) groups excluding carboxylic acids is 1. The number of aliphatic hydroxyl groups is 1. The molecule has 4 aliphatic heterocycles. The Morgan fingerprint density at radius 2 is 1.23 bits per heavy atom. The largest absolute Gasteiger partial charge is 0.515 e. The van der Waals surface area contributed by atoms with Crippen molar-refractivity contribution in [2.45, 2.75) is 107 Å². The van der Waals surface area contributed by atoms with Crippen molar-refractivity contribution in [3.63, 3.8) is 0 Å². The van der Waals surface area contributed by atoms with Gasteiger partial charge >= 0.3 is 0 Å². The molecular formula is C37H46N4O2. The van der Waals surface area contributed by atoms with Crippen LogP contribution in [0.25, 0.3) is 12.2 Å². The minimum atomic E-state index is -0.765. The predicted molar refractivity (Wildman–Crippen MR) is 180 cm³/mol. The summed E-state index contributed by atoms with van der Waals surface area (Å²) >= 11 is 0. The third-order valence-electron chi connectivity index (χ3n) is 9.87. The van der Waals surface area contributed by atoms with Gasteiger partial charge in [0, 0.05) is 11.4 Å². The van der Waals surface area contributed by atoms with E-state index >= 15 is 0 Å². The lowest BCUT2D eigenvalue weighted by Crippen LogP contribution is -2.33. The fourth-order valence-electron chi connectivity index (χ4n) is 7.49. The van der Waals surface area contributed by atoms with Crippen molar-refractivity contribution >= 4 is 35.1 Å². The van der Waals surface area contributed by atoms with Gasteiger partial charge in [0.1, 0.15) is 5.71 Å². The third kappa shape index (κ3) is 4.61. The van der Waals surface area contributed by atoms with E-state index in [1.165, 1.54) is 22.3 Å². The lowest BCUT2D eigenvalue weighted by molar-refractivity contribution is -0.119. The summed E-state index contributed by atoms with van der Waals surface area (Å²) in [6, 6.07) is 0. The zero-order chi connectivity index (χ0) is 31.1. The lowest BCUT2D eigenvalue weighted by Gasteiger charge is -2.25. The molecule has 0 fully saturated rings. The van der Waals surface area contributed by atoms with Crippen LogP contribution in [0.5, 0.6) is 0 Å². The molecule has 0 radical (unpaired) electrons. The van der Waals surface area contributed by atoms with Gasteiger partial charge in [0.25, 0.3) is 0 Å². The van der Waals surface area contributed by atoms with Crippen molar-refractivity contribution in [3.8, 4) is 0 Å². The van der Waals surface area contributed by atoms with E-state index in [2.05, 4.69) is 78.6 Å². The fraction of sp³-hybridized carbons (Fsp3) is 0.459. The summed E-state index contributed by atoms with van der Waals surface area (Å²) in [7, 11) is 0. The van der Waals surface area contributed by atoms with Crippen molar-refractivity contribution in [3.05, 3.63) is 79.8 Å². The average Bonchev–Trinajstić information content (AvgIpc) is 3.72. The maximum atomic E-state index is 14.4. The Balaban J connectivity index is 1.92. The molecule has 4 aliphatic rings. The van der Waals surface area contributed by atoms with Gasteiger partial charge in [-0.3, -0.25) is 4.79 Å². The number of aliphatic imine (C=N–C) groups is 3. The molecule has 6 heteroatoms. The molecule has 226 valence electrons. The Morgan fingerprint density at radius 1 is 0.674 bits per heavy atom. The Morgan fingerprint density at radius 3 is 1.77 bits per heavy atom. The number of nitrogens with one attached hydrogen (secondary N) is 1. The summed E-state index contributed by atoms with van der Waals surface area (Å²) in [5.41, 5.74) is 13.4. The van der Waals surface area contributed by atoms with Gasteiger partial charge in [-0.1, -0.05) is 55.4 Å². The molecule has 6 nitrogen and oxygen atoms in total. The molecule has 0 unspecified atom stereocenters. The first kappa shape index (κ1) is 30.7. The molecule has 0 saturated carbocycles. The number of aromatic amines is 1. The molecule has 43 heavy (non-hydrogen) atoms. The van der Waals surface area contributed by atoms with Crippen molar-refractivity contribution in [2.24, 2.45) is 20.4 Å². The van der Waals surface area contributed by atoms with Gasteiger partial charge in [0.05, 0.1) is 45.8 Å². The molecule has 1 aromatic heterocycles. The Bertz CT molecular complexity index is 1660. The van der Waals surface area contributed by atoms with E-state index in [4.69, 9.17) is 15.0 Å². The number of ketones is 1. The second kappa shape index (κ2) is 12.1. The van der Waals surface area contributed by atoms with Crippen LogP contribution >= 0.6 is 0 Å². The summed E-state index contributed by atoms with van der Waals surface area (Å²) < 4.78 is 0. The summed E-state index contributed by atoms with van der Waals surface area (Å²) in [5.74, 6) is -0.0446. The number of rotatable bonds is 8. The molecule has 0 spiro atoms. The van der Waals surface area contributed by atoms with Crippen LogP contribution in [0.3, 0.4) is 0 Å². The highest BCUT2D eigenvalue weighted by molar-refractivity contribution is 6.57. The summed E-state index contributed by atoms with van der Waals surface area (Å²) in [6.07, 6.45) is 13.7. The average molecular weight is 579 g/mol. The van der Waals surface area contributed by atoms with Crippen LogP contribution in [0.1, 0.15) is 116 Å². The number of carbonyl (C=O) groups is 1. The SMILES string of the molecule is CCC1=C(CC)C2=NC1=Cc1[nH]c(c(CC)c1CC)C=C1N=C(C(=O)C1(CC)CC)/C(=C\O)C1=NC(=C2)C(CC)=C1CC. The number of aromatic nitrogens is 1. The number of allylic oxidation sites excluding steroid dienone is 7. The maximum Gasteiger partial charge on any atom is 0.194 e. The Labute approximate surface area is 256 Å². The van der Waals surface area contributed by atoms with Gasteiger partial charge in [0.15, 0.2) is 5.78 Å². The van der Waals surface area contributed by atoms with Crippen molar-refractivity contribution < 1.29 is 9.90 Å². The highest BCUT2D eigenvalue weighted by atomic mass is 16.2. The molecule has 0 amide bonds. The first-order valence-corrected chi connectivity index (χ1v) is 16.3.